The zero-order chi connectivity index (χ0) is 14.4. The van der Waals surface area contributed by atoms with Gasteiger partial charge in [-0.2, -0.15) is 0 Å². The van der Waals surface area contributed by atoms with E-state index in [1.54, 1.807) is 0 Å². The minimum atomic E-state index is 0.446. The molecule has 0 radical (unpaired) electrons. The number of benzene rings is 2. The standard InChI is InChI=1S/C15H15Br2NO2/c16-12-2-1-3-14(9-12)19-6-7-20-15-5-4-13(17)8-11(15)10-18/h1-5,8-9H,6-7,10,18H2. The average Bonchev–Trinajstić information content (AvgIpc) is 2.45. The van der Waals surface area contributed by atoms with Crippen molar-refractivity contribution >= 4 is 31.9 Å². The highest BCUT2D eigenvalue weighted by molar-refractivity contribution is 9.10. The van der Waals surface area contributed by atoms with E-state index >= 15 is 0 Å². The van der Waals surface area contributed by atoms with Gasteiger partial charge in [-0.25, -0.2) is 0 Å². The van der Waals surface area contributed by atoms with Crippen LogP contribution in [0.5, 0.6) is 11.5 Å². The fourth-order valence-corrected chi connectivity index (χ4v) is 2.50. The molecule has 3 nitrogen and oxygen atoms in total. The minimum Gasteiger partial charge on any atom is -0.490 e. The fourth-order valence-electron chi connectivity index (χ4n) is 1.72. The van der Waals surface area contributed by atoms with Crippen LogP contribution in [-0.2, 0) is 6.54 Å². The molecule has 0 amide bonds. The Labute approximate surface area is 135 Å². The van der Waals surface area contributed by atoms with Crippen LogP contribution in [0.15, 0.2) is 51.4 Å². The molecular formula is C15H15Br2NO2. The smallest absolute Gasteiger partial charge is 0.124 e. The van der Waals surface area contributed by atoms with Gasteiger partial charge in [-0.15, -0.1) is 0 Å². The van der Waals surface area contributed by atoms with Gasteiger partial charge < -0.3 is 15.2 Å². The molecule has 0 saturated carbocycles. The van der Waals surface area contributed by atoms with Crippen LogP contribution in [0.2, 0.25) is 0 Å². The average molecular weight is 401 g/mol. The summed E-state index contributed by atoms with van der Waals surface area (Å²) >= 11 is 6.82. The number of rotatable bonds is 6. The van der Waals surface area contributed by atoms with E-state index in [9.17, 15) is 0 Å². The number of nitrogens with two attached hydrogens (primary N) is 1. The maximum absolute atomic E-state index is 5.70. The predicted octanol–water partition coefficient (Wildman–Crippen LogP) is 4.13. The van der Waals surface area contributed by atoms with Crippen molar-refractivity contribution in [2.45, 2.75) is 6.54 Å². The van der Waals surface area contributed by atoms with E-state index in [1.165, 1.54) is 0 Å². The van der Waals surface area contributed by atoms with Crippen LogP contribution in [0.1, 0.15) is 5.56 Å². The molecule has 20 heavy (non-hydrogen) atoms. The maximum atomic E-state index is 5.70. The van der Waals surface area contributed by atoms with E-state index < -0.39 is 0 Å². The quantitative estimate of drug-likeness (QED) is 0.741. The molecule has 0 spiro atoms. The summed E-state index contributed by atoms with van der Waals surface area (Å²) in [5.41, 5.74) is 6.67. The first-order chi connectivity index (χ1) is 9.69. The summed E-state index contributed by atoms with van der Waals surface area (Å²) in [7, 11) is 0. The third-order valence-electron chi connectivity index (χ3n) is 2.65. The van der Waals surface area contributed by atoms with Crippen LogP contribution >= 0.6 is 31.9 Å². The third kappa shape index (κ3) is 4.51. The molecule has 0 unspecified atom stereocenters. The first-order valence-corrected chi connectivity index (χ1v) is 7.77. The van der Waals surface area contributed by atoms with Crippen molar-refractivity contribution in [1.29, 1.82) is 0 Å². The highest BCUT2D eigenvalue weighted by atomic mass is 79.9. The van der Waals surface area contributed by atoms with Crippen molar-refractivity contribution in [2.75, 3.05) is 13.2 Å². The molecule has 0 saturated heterocycles. The van der Waals surface area contributed by atoms with Crippen molar-refractivity contribution < 1.29 is 9.47 Å². The Morgan fingerprint density at radius 3 is 2.40 bits per heavy atom. The molecule has 0 aromatic heterocycles. The molecule has 0 aliphatic heterocycles. The van der Waals surface area contributed by atoms with Gasteiger partial charge >= 0.3 is 0 Å². The second kappa shape index (κ2) is 7.67. The fraction of sp³-hybridized carbons (Fsp3) is 0.200. The molecule has 0 aliphatic carbocycles. The monoisotopic (exact) mass is 399 g/mol. The van der Waals surface area contributed by atoms with Crippen molar-refractivity contribution in [2.24, 2.45) is 5.73 Å². The Morgan fingerprint density at radius 2 is 1.65 bits per heavy atom. The lowest BCUT2D eigenvalue weighted by Gasteiger charge is -2.11. The molecular weight excluding hydrogens is 386 g/mol. The zero-order valence-electron chi connectivity index (χ0n) is 10.8. The van der Waals surface area contributed by atoms with Crippen molar-refractivity contribution in [3.8, 4) is 11.5 Å². The highest BCUT2D eigenvalue weighted by Gasteiger charge is 2.03. The summed E-state index contributed by atoms with van der Waals surface area (Å²) < 4.78 is 13.3. The second-order valence-corrected chi connectivity index (χ2v) is 5.94. The summed E-state index contributed by atoms with van der Waals surface area (Å²) in [6.45, 7) is 1.40. The molecule has 106 valence electrons. The molecule has 0 aliphatic rings. The van der Waals surface area contributed by atoms with Crippen LogP contribution in [0, 0.1) is 0 Å². The number of hydrogen-bond acceptors (Lipinski definition) is 3. The Bertz CT molecular complexity index is 576. The van der Waals surface area contributed by atoms with E-state index in [-0.39, 0.29) is 0 Å². The molecule has 2 N–H and O–H groups in total. The van der Waals surface area contributed by atoms with Crippen molar-refractivity contribution in [3.05, 3.63) is 57.0 Å². The molecule has 5 heteroatoms. The molecule has 0 atom stereocenters. The maximum Gasteiger partial charge on any atom is 0.124 e. The van der Waals surface area contributed by atoms with Crippen LogP contribution in [0.4, 0.5) is 0 Å². The molecule has 2 aromatic rings. The summed E-state index contributed by atoms with van der Waals surface area (Å²) in [6.07, 6.45) is 0. The summed E-state index contributed by atoms with van der Waals surface area (Å²) in [4.78, 5) is 0. The van der Waals surface area contributed by atoms with Crippen LogP contribution in [0.3, 0.4) is 0 Å². The van der Waals surface area contributed by atoms with E-state index in [2.05, 4.69) is 31.9 Å². The Balaban J connectivity index is 1.84. The van der Waals surface area contributed by atoms with Crippen LogP contribution in [-0.4, -0.2) is 13.2 Å². The van der Waals surface area contributed by atoms with E-state index in [0.29, 0.717) is 19.8 Å². The predicted molar refractivity (Wildman–Crippen MR) is 87.2 cm³/mol. The van der Waals surface area contributed by atoms with Crippen molar-refractivity contribution in [3.63, 3.8) is 0 Å². The Kier molecular flexibility index (Phi) is 5.88. The third-order valence-corrected chi connectivity index (χ3v) is 3.63. The SMILES string of the molecule is NCc1cc(Br)ccc1OCCOc1cccc(Br)c1. The van der Waals surface area contributed by atoms with Gasteiger partial charge in [0, 0.05) is 21.1 Å². The van der Waals surface area contributed by atoms with Gasteiger partial charge in [0.1, 0.15) is 24.7 Å². The minimum absolute atomic E-state index is 0.446. The lowest BCUT2D eigenvalue weighted by Crippen LogP contribution is -2.11. The normalized spacial score (nSPS) is 10.3. The summed E-state index contributed by atoms with van der Waals surface area (Å²) in [6, 6.07) is 13.5. The van der Waals surface area contributed by atoms with E-state index in [0.717, 1.165) is 26.0 Å². The Hall–Kier alpha value is -1.04. The van der Waals surface area contributed by atoms with Gasteiger partial charge in [-0.1, -0.05) is 37.9 Å². The van der Waals surface area contributed by atoms with Gasteiger partial charge in [-0.3, -0.25) is 0 Å². The highest BCUT2D eigenvalue weighted by Crippen LogP contribution is 2.23. The lowest BCUT2D eigenvalue weighted by atomic mass is 10.2. The van der Waals surface area contributed by atoms with Gasteiger partial charge in [0.25, 0.3) is 0 Å². The van der Waals surface area contributed by atoms with Crippen LogP contribution < -0.4 is 15.2 Å². The number of ether oxygens (including phenoxy) is 2. The number of hydrogen-bond donors (Lipinski definition) is 1. The van der Waals surface area contributed by atoms with Crippen LogP contribution in [0.25, 0.3) is 0 Å². The largest absolute Gasteiger partial charge is 0.490 e. The van der Waals surface area contributed by atoms with Gasteiger partial charge in [0.2, 0.25) is 0 Å². The van der Waals surface area contributed by atoms with E-state index in [1.807, 2.05) is 42.5 Å². The van der Waals surface area contributed by atoms with Crippen molar-refractivity contribution in [1.82, 2.24) is 0 Å². The zero-order valence-corrected chi connectivity index (χ0v) is 14.0. The van der Waals surface area contributed by atoms with Gasteiger partial charge in [0.05, 0.1) is 0 Å². The molecule has 0 fully saturated rings. The first kappa shape index (κ1) is 15.4. The molecule has 2 rings (SSSR count). The second-order valence-electron chi connectivity index (χ2n) is 4.11. The van der Waals surface area contributed by atoms with E-state index in [4.69, 9.17) is 15.2 Å². The van der Waals surface area contributed by atoms with Gasteiger partial charge in [0.15, 0.2) is 0 Å². The first-order valence-electron chi connectivity index (χ1n) is 6.18. The van der Waals surface area contributed by atoms with Gasteiger partial charge in [-0.05, 0) is 36.4 Å². The summed E-state index contributed by atoms with van der Waals surface area (Å²) in [5, 5.41) is 0. The number of halogens is 2. The lowest BCUT2D eigenvalue weighted by molar-refractivity contribution is 0.216. The molecule has 0 heterocycles. The topological polar surface area (TPSA) is 44.5 Å². The molecule has 2 aromatic carbocycles. The summed E-state index contributed by atoms with van der Waals surface area (Å²) in [5.74, 6) is 1.62. The molecule has 0 bridgehead atoms. The Morgan fingerprint density at radius 1 is 0.900 bits per heavy atom.